The smallest absolute Gasteiger partial charge is 0.237 e. The Morgan fingerprint density at radius 1 is 1.10 bits per heavy atom. The molecule has 1 aliphatic heterocycles. The fourth-order valence-corrected chi connectivity index (χ4v) is 4.20. The van der Waals surface area contributed by atoms with Crippen molar-refractivity contribution in [3.05, 3.63) is 78.2 Å². The minimum Gasteiger partial charge on any atom is -0.328 e. The quantitative estimate of drug-likeness (QED) is 0.654. The molecular weight excluding hydrogens is 391 g/mol. The van der Waals surface area contributed by atoms with E-state index >= 15 is 0 Å². The van der Waals surface area contributed by atoms with Gasteiger partial charge in [0, 0.05) is 24.8 Å². The van der Waals surface area contributed by atoms with E-state index in [0.29, 0.717) is 6.54 Å². The lowest BCUT2D eigenvalue weighted by Gasteiger charge is -2.34. The van der Waals surface area contributed by atoms with Crippen LogP contribution in [0, 0.1) is 5.92 Å². The van der Waals surface area contributed by atoms with Crippen LogP contribution in [0.2, 0.25) is 0 Å². The maximum atomic E-state index is 14.4. The van der Waals surface area contributed by atoms with E-state index in [-0.39, 0.29) is 37.5 Å². The van der Waals surface area contributed by atoms with Crippen LogP contribution in [0.3, 0.4) is 0 Å². The van der Waals surface area contributed by atoms with Crippen molar-refractivity contribution in [3.8, 4) is 11.3 Å². The molecule has 2 heterocycles. The number of hydrogen-bond acceptors (Lipinski definition) is 3. The van der Waals surface area contributed by atoms with Crippen LogP contribution >= 0.6 is 0 Å². The molecule has 1 aromatic heterocycles. The van der Waals surface area contributed by atoms with E-state index < -0.39 is 6.17 Å². The number of nitrogens with one attached hydrogen (secondary N) is 1. The highest BCUT2D eigenvalue weighted by Crippen LogP contribution is 2.32. The highest BCUT2D eigenvalue weighted by atomic mass is 19.1. The summed E-state index contributed by atoms with van der Waals surface area (Å²) in [6.07, 6.45) is 0.944. The lowest BCUT2D eigenvalue weighted by atomic mass is 10.0. The molecule has 1 fully saturated rings. The maximum absolute atomic E-state index is 14.4. The summed E-state index contributed by atoms with van der Waals surface area (Å²) in [4.78, 5) is 19.5. The van der Waals surface area contributed by atoms with Crippen LogP contribution < -0.4 is 5.32 Å². The molecule has 31 heavy (non-hydrogen) atoms. The van der Waals surface area contributed by atoms with Gasteiger partial charge in [-0.15, -0.1) is 0 Å². The van der Waals surface area contributed by atoms with E-state index in [0.717, 1.165) is 22.6 Å². The van der Waals surface area contributed by atoms with Gasteiger partial charge >= 0.3 is 0 Å². The van der Waals surface area contributed by atoms with Gasteiger partial charge in [0.15, 0.2) is 0 Å². The number of carbonyl (C=O) groups is 1. The number of nitrogens with zero attached hydrogens (tertiary/aromatic N) is 3. The molecule has 2 unspecified atom stereocenters. The third-order valence-electron chi connectivity index (χ3n) is 5.66. The van der Waals surface area contributed by atoms with Crippen molar-refractivity contribution in [1.82, 2.24) is 19.8 Å². The van der Waals surface area contributed by atoms with Gasteiger partial charge in [0.1, 0.15) is 12.0 Å². The normalized spacial score (nSPS) is 18.3. The number of halogens is 1. The average molecular weight is 421 g/mol. The Hall–Kier alpha value is -2.99. The molecule has 2 atom stereocenters. The second-order valence-corrected chi connectivity index (χ2v) is 8.43. The first kappa shape index (κ1) is 21.2. The summed E-state index contributed by atoms with van der Waals surface area (Å²) in [6.45, 7) is 5.18. The first-order chi connectivity index (χ1) is 15.0. The van der Waals surface area contributed by atoms with Gasteiger partial charge in [-0.05, 0) is 11.5 Å². The second-order valence-electron chi connectivity index (χ2n) is 8.43. The van der Waals surface area contributed by atoms with Crippen molar-refractivity contribution in [2.75, 3.05) is 19.6 Å². The SMILES string of the molecule is CC(C)C(c1nc(-c2ccccc2)cn1Cc1ccccc1)N1CC(F)CNCC1=O. The van der Waals surface area contributed by atoms with Crippen LogP contribution in [0.15, 0.2) is 66.9 Å². The predicted octanol–water partition coefficient (Wildman–Crippen LogP) is 4.07. The van der Waals surface area contributed by atoms with E-state index in [2.05, 4.69) is 35.9 Å². The minimum atomic E-state index is -1.10. The van der Waals surface area contributed by atoms with E-state index in [9.17, 15) is 9.18 Å². The van der Waals surface area contributed by atoms with Crippen LogP contribution in [0.5, 0.6) is 0 Å². The number of aromatic nitrogens is 2. The van der Waals surface area contributed by atoms with Gasteiger partial charge in [0.25, 0.3) is 0 Å². The summed E-state index contributed by atoms with van der Waals surface area (Å²) in [5.41, 5.74) is 3.02. The van der Waals surface area contributed by atoms with Crippen LogP contribution in [-0.2, 0) is 11.3 Å². The molecule has 1 amide bonds. The maximum Gasteiger partial charge on any atom is 0.237 e. The van der Waals surface area contributed by atoms with Crippen LogP contribution in [-0.4, -0.2) is 46.2 Å². The third-order valence-corrected chi connectivity index (χ3v) is 5.66. The molecule has 162 valence electrons. The van der Waals surface area contributed by atoms with Crippen LogP contribution in [0.4, 0.5) is 4.39 Å². The number of imidazole rings is 1. The Kier molecular flexibility index (Phi) is 6.47. The van der Waals surface area contributed by atoms with E-state index in [4.69, 9.17) is 4.98 Å². The van der Waals surface area contributed by atoms with E-state index in [1.807, 2.05) is 54.7 Å². The standard InChI is InChI=1S/C25H29FN4O/c1-18(2)24(30-16-21(26)13-27-14-23(30)31)25-28-22(20-11-7-4-8-12-20)17-29(25)15-19-9-5-3-6-10-19/h3-12,17-18,21,24,27H,13-16H2,1-2H3. The number of alkyl halides is 1. The van der Waals surface area contributed by atoms with Gasteiger partial charge < -0.3 is 14.8 Å². The van der Waals surface area contributed by atoms with Crippen molar-refractivity contribution in [2.24, 2.45) is 5.92 Å². The van der Waals surface area contributed by atoms with Crippen molar-refractivity contribution in [2.45, 2.75) is 32.6 Å². The van der Waals surface area contributed by atoms with Crippen LogP contribution in [0.25, 0.3) is 11.3 Å². The molecule has 1 N–H and O–H groups in total. The zero-order valence-electron chi connectivity index (χ0n) is 18.0. The van der Waals surface area contributed by atoms with Gasteiger partial charge in [-0.25, -0.2) is 9.37 Å². The first-order valence-electron chi connectivity index (χ1n) is 10.8. The molecule has 2 aromatic carbocycles. The Morgan fingerprint density at radius 2 is 1.77 bits per heavy atom. The largest absolute Gasteiger partial charge is 0.328 e. The van der Waals surface area contributed by atoms with Crippen molar-refractivity contribution in [1.29, 1.82) is 0 Å². The number of carbonyl (C=O) groups excluding carboxylic acids is 1. The predicted molar refractivity (Wildman–Crippen MR) is 120 cm³/mol. The lowest BCUT2D eigenvalue weighted by molar-refractivity contribution is -0.133. The summed E-state index contributed by atoms with van der Waals surface area (Å²) in [5, 5.41) is 2.91. The highest BCUT2D eigenvalue weighted by Gasteiger charge is 2.34. The van der Waals surface area contributed by atoms with Crippen molar-refractivity contribution in [3.63, 3.8) is 0 Å². The molecule has 0 saturated carbocycles. The lowest BCUT2D eigenvalue weighted by Crippen LogP contribution is -2.42. The van der Waals surface area contributed by atoms with E-state index in [1.165, 1.54) is 0 Å². The molecule has 5 nitrogen and oxygen atoms in total. The molecule has 6 heteroatoms. The summed E-state index contributed by atoms with van der Waals surface area (Å²) in [5.74, 6) is 0.782. The Labute approximate surface area is 182 Å². The zero-order valence-corrected chi connectivity index (χ0v) is 18.0. The van der Waals surface area contributed by atoms with Crippen molar-refractivity contribution >= 4 is 5.91 Å². The zero-order chi connectivity index (χ0) is 21.8. The number of rotatable bonds is 6. The second kappa shape index (κ2) is 9.43. The highest BCUT2D eigenvalue weighted by molar-refractivity contribution is 5.79. The number of hydrogen-bond donors (Lipinski definition) is 1. The molecule has 0 spiro atoms. The van der Waals surface area contributed by atoms with Gasteiger partial charge in [0.05, 0.1) is 24.8 Å². The fraction of sp³-hybridized carbons (Fsp3) is 0.360. The first-order valence-corrected chi connectivity index (χ1v) is 10.8. The summed E-state index contributed by atoms with van der Waals surface area (Å²) < 4.78 is 16.6. The number of benzene rings is 2. The topological polar surface area (TPSA) is 50.2 Å². The molecule has 0 radical (unpaired) electrons. The fourth-order valence-electron chi connectivity index (χ4n) is 4.20. The van der Waals surface area contributed by atoms with Gasteiger partial charge in [-0.3, -0.25) is 4.79 Å². The van der Waals surface area contributed by atoms with Gasteiger partial charge in [-0.2, -0.15) is 0 Å². The van der Waals surface area contributed by atoms with Crippen molar-refractivity contribution < 1.29 is 9.18 Å². The van der Waals surface area contributed by atoms with Crippen LogP contribution in [0.1, 0.15) is 31.3 Å². The Balaban J connectivity index is 1.79. The summed E-state index contributed by atoms with van der Waals surface area (Å²) in [6, 6.07) is 19.9. The Bertz CT molecular complexity index is 1000. The molecular formula is C25H29FN4O. The monoisotopic (exact) mass is 420 g/mol. The number of amides is 1. The molecule has 1 saturated heterocycles. The average Bonchev–Trinajstić information content (AvgIpc) is 3.09. The summed E-state index contributed by atoms with van der Waals surface area (Å²) in [7, 11) is 0. The van der Waals surface area contributed by atoms with Gasteiger partial charge in [0.2, 0.25) is 5.91 Å². The molecule has 1 aliphatic rings. The van der Waals surface area contributed by atoms with Gasteiger partial charge in [-0.1, -0.05) is 74.5 Å². The minimum absolute atomic E-state index is 0.0769. The Morgan fingerprint density at radius 3 is 2.45 bits per heavy atom. The molecule has 4 rings (SSSR count). The van der Waals surface area contributed by atoms with E-state index in [1.54, 1.807) is 4.90 Å². The third kappa shape index (κ3) is 4.85. The molecule has 3 aromatic rings. The summed E-state index contributed by atoms with van der Waals surface area (Å²) >= 11 is 0. The molecule has 0 aliphatic carbocycles. The molecule has 0 bridgehead atoms.